The summed E-state index contributed by atoms with van der Waals surface area (Å²) in [5.41, 5.74) is 3.80. The van der Waals surface area contributed by atoms with Gasteiger partial charge in [0.25, 0.3) is 5.91 Å². The summed E-state index contributed by atoms with van der Waals surface area (Å²) < 4.78 is 10.9. The van der Waals surface area contributed by atoms with Gasteiger partial charge >= 0.3 is 0 Å². The highest BCUT2D eigenvalue weighted by atomic mass is 16.5. The van der Waals surface area contributed by atoms with Crippen LogP contribution in [0.2, 0.25) is 0 Å². The Balaban J connectivity index is 1.38. The predicted molar refractivity (Wildman–Crippen MR) is 131 cm³/mol. The molecule has 0 atom stereocenters. The minimum atomic E-state index is 0.00332. The molecule has 174 valence electrons. The topological polar surface area (TPSA) is 104 Å². The summed E-state index contributed by atoms with van der Waals surface area (Å²) in [6.07, 6.45) is 3.36. The molecular weight excluding hydrogens is 432 g/mol. The molecule has 1 aliphatic heterocycles. The maximum Gasteiger partial charge on any atom is 0.254 e. The highest BCUT2D eigenvalue weighted by molar-refractivity contribution is 5.95. The van der Waals surface area contributed by atoms with Crippen molar-refractivity contribution in [1.82, 2.24) is 25.2 Å². The van der Waals surface area contributed by atoms with Crippen LogP contribution in [-0.2, 0) is 0 Å². The largest absolute Gasteiger partial charge is 0.497 e. The van der Waals surface area contributed by atoms with E-state index in [2.05, 4.69) is 20.6 Å². The lowest BCUT2D eigenvalue weighted by molar-refractivity contribution is 0.0735. The molecule has 1 fully saturated rings. The number of anilines is 2. The zero-order valence-corrected chi connectivity index (χ0v) is 19.1. The van der Waals surface area contributed by atoms with Gasteiger partial charge in [-0.3, -0.25) is 9.78 Å². The van der Waals surface area contributed by atoms with Crippen LogP contribution in [0.3, 0.4) is 0 Å². The van der Waals surface area contributed by atoms with E-state index in [4.69, 9.17) is 14.5 Å². The number of piperazine rings is 1. The quantitative estimate of drug-likeness (QED) is 0.407. The van der Waals surface area contributed by atoms with E-state index >= 15 is 0 Å². The maximum absolute atomic E-state index is 12.8. The first-order valence-corrected chi connectivity index (χ1v) is 11.1. The molecule has 9 heteroatoms. The second-order valence-corrected chi connectivity index (χ2v) is 8.01. The molecule has 1 aliphatic rings. The van der Waals surface area contributed by atoms with Gasteiger partial charge in [-0.15, -0.1) is 0 Å². The smallest absolute Gasteiger partial charge is 0.254 e. The van der Waals surface area contributed by atoms with E-state index in [0.717, 1.165) is 35.4 Å². The number of carbonyl (C=O) groups excluding carboxylic acids is 1. The first kappa shape index (κ1) is 21.7. The number of carbonyl (C=O) groups is 1. The molecule has 0 spiro atoms. The normalized spacial score (nSPS) is 13.6. The van der Waals surface area contributed by atoms with Crippen LogP contribution in [-0.4, -0.2) is 66.2 Å². The predicted octanol–water partition coefficient (Wildman–Crippen LogP) is 3.43. The number of H-pyrrole nitrogens is 1. The Kier molecular flexibility index (Phi) is 6.01. The summed E-state index contributed by atoms with van der Waals surface area (Å²) in [7, 11) is 3.23. The molecule has 0 radical (unpaired) electrons. The minimum absolute atomic E-state index is 0.00332. The van der Waals surface area contributed by atoms with Crippen LogP contribution in [0.5, 0.6) is 11.5 Å². The first-order valence-electron chi connectivity index (χ1n) is 11.1. The van der Waals surface area contributed by atoms with Gasteiger partial charge in [0.1, 0.15) is 23.0 Å². The summed E-state index contributed by atoms with van der Waals surface area (Å²) in [6, 6.07) is 13.3. The van der Waals surface area contributed by atoms with Crippen LogP contribution >= 0.6 is 0 Å². The van der Waals surface area contributed by atoms with Crippen LogP contribution in [0, 0.1) is 0 Å². The number of ether oxygens (including phenoxy) is 2. The van der Waals surface area contributed by atoms with Crippen molar-refractivity contribution in [1.29, 1.82) is 0 Å². The van der Waals surface area contributed by atoms with E-state index in [1.54, 1.807) is 38.7 Å². The van der Waals surface area contributed by atoms with E-state index in [0.29, 0.717) is 41.6 Å². The molecule has 34 heavy (non-hydrogen) atoms. The standard InChI is InChI=1S/C25H26N6O3/c1-33-18-5-3-16-11-21(28-20(16)13-18)22-14-27-15-24(30-22)29-19-6-4-17(12-23(19)34-2)25(32)31-9-7-26-8-10-31/h3-6,11-15,26,28H,7-10H2,1-2H3,(H,29,30). The first-order chi connectivity index (χ1) is 16.6. The van der Waals surface area contributed by atoms with Gasteiger partial charge in [0.05, 0.1) is 38.0 Å². The Morgan fingerprint density at radius 2 is 1.88 bits per heavy atom. The lowest BCUT2D eigenvalue weighted by Gasteiger charge is -2.27. The number of hydrogen-bond acceptors (Lipinski definition) is 7. The number of fused-ring (bicyclic) bond motifs is 1. The molecule has 3 heterocycles. The molecule has 0 unspecified atom stereocenters. The third kappa shape index (κ3) is 4.38. The van der Waals surface area contributed by atoms with Gasteiger partial charge < -0.3 is 30.0 Å². The Morgan fingerprint density at radius 1 is 1.03 bits per heavy atom. The van der Waals surface area contributed by atoms with E-state index < -0.39 is 0 Å². The van der Waals surface area contributed by atoms with Crippen molar-refractivity contribution >= 4 is 28.3 Å². The van der Waals surface area contributed by atoms with Crippen molar-refractivity contribution in [3.8, 4) is 22.9 Å². The van der Waals surface area contributed by atoms with Gasteiger partial charge in [0, 0.05) is 48.7 Å². The minimum Gasteiger partial charge on any atom is -0.497 e. The second-order valence-electron chi connectivity index (χ2n) is 8.01. The van der Waals surface area contributed by atoms with Gasteiger partial charge in [0.2, 0.25) is 0 Å². The van der Waals surface area contributed by atoms with Crippen molar-refractivity contribution in [3.63, 3.8) is 0 Å². The molecule has 0 aliphatic carbocycles. The molecule has 3 N–H and O–H groups in total. The van der Waals surface area contributed by atoms with Crippen molar-refractivity contribution in [3.05, 3.63) is 60.4 Å². The van der Waals surface area contributed by atoms with E-state index in [-0.39, 0.29) is 5.91 Å². The van der Waals surface area contributed by atoms with Gasteiger partial charge in [-0.2, -0.15) is 0 Å². The van der Waals surface area contributed by atoms with Crippen LogP contribution in [0.4, 0.5) is 11.5 Å². The molecule has 0 bridgehead atoms. The van der Waals surface area contributed by atoms with Crippen molar-refractivity contribution in [2.75, 3.05) is 45.7 Å². The van der Waals surface area contributed by atoms with Gasteiger partial charge in [-0.25, -0.2) is 4.98 Å². The monoisotopic (exact) mass is 458 g/mol. The van der Waals surface area contributed by atoms with Crippen LogP contribution < -0.4 is 20.1 Å². The van der Waals surface area contributed by atoms with Gasteiger partial charge in [-0.05, 0) is 36.4 Å². The lowest BCUT2D eigenvalue weighted by atomic mass is 10.1. The van der Waals surface area contributed by atoms with E-state index in [9.17, 15) is 4.79 Å². The molecule has 9 nitrogen and oxygen atoms in total. The van der Waals surface area contributed by atoms with Crippen molar-refractivity contribution in [2.45, 2.75) is 0 Å². The van der Waals surface area contributed by atoms with Crippen molar-refractivity contribution in [2.24, 2.45) is 0 Å². The fourth-order valence-corrected chi connectivity index (χ4v) is 4.04. The number of aromatic nitrogens is 3. The Morgan fingerprint density at radius 3 is 2.68 bits per heavy atom. The molecule has 1 saturated heterocycles. The number of benzene rings is 2. The zero-order chi connectivity index (χ0) is 23.5. The Hall–Kier alpha value is -4.11. The molecule has 0 saturated carbocycles. The number of hydrogen-bond donors (Lipinski definition) is 3. The summed E-state index contributed by atoms with van der Waals surface area (Å²) in [6.45, 7) is 3.01. The summed E-state index contributed by atoms with van der Waals surface area (Å²) in [4.78, 5) is 27.1. The Bertz CT molecular complexity index is 1330. The van der Waals surface area contributed by atoms with Gasteiger partial charge in [0.15, 0.2) is 0 Å². The number of methoxy groups -OCH3 is 2. The van der Waals surface area contributed by atoms with Crippen molar-refractivity contribution < 1.29 is 14.3 Å². The summed E-state index contributed by atoms with van der Waals surface area (Å²) >= 11 is 0. The molecule has 5 rings (SSSR count). The third-order valence-electron chi connectivity index (χ3n) is 5.86. The highest BCUT2D eigenvalue weighted by Gasteiger charge is 2.19. The molecule has 1 amide bonds. The molecule has 2 aromatic carbocycles. The van der Waals surface area contributed by atoms with E-state index in [1.807, 2.05) is 35.2 Å². The fraction of sp³-hybridized carbons (Fsp3) is 0.240. The second kappa shape index (κ2) is 9.40. The van der Waals surface area contributed by atoms with Gasteiger partial charge in [-0.1, -0.05) is 0 Å². The van der Waals surface area contributed by atoms with Crippen LogP contribution in [0.15, 0.2) is 54.9 Å². The fourth-order valence-electron chi connectivity index (χ4n) is 4.04. The maximum atomic E-state index is 12.8. The lowest BCUT2D eigenvalue weighted by Crippen LogP contribution is -2.46. The van der Waals surface area contributed by atoms with Crippen LogP contribution in [0.1, 0.15) is 10.4 Å². The SMILES string of the molecule is COc1ccc2cc(-c3cncc(Nc4ccc(C(=O)N5CCNCC5)cc4OC)n3)[nH]c2c1. The number of amides is 1. The molecular formula is C25H26N6O3. The zero-order valence-electron chi connectivity index (χ0n) is 19.1. The molecule has 2 aromatic heterocycles. The summed E-state index contributed by atoms with van der Waals surface area (Å²) in [5.74, 6) is 1.91. The number of nitrogens with one attached hydrogen (secondary N) is 3. The average molecular weight is 459 g/mol. The number of nitrogens with zero attached hydrogens (tertiary/aromatic N) is 3. The van der Waals surface area contributed by atoms with E-state index in [1.165, 1.54) is 0 Å². The molecule has 4 aromatic rings. The summed E-state index contributed by atoms with van der Waals surface area (Å²) in [5, 5.41) is 7.58. The average Bonchev–Trinajstić information content (AvgIpc) is 3.32. The Labute approximate surface area is 197 Å². The van der Waals surface area contributed by atoms with Crippen LogP contribution in [0.25, 0.3) is 22.3 Å². The third-order valence-corrected chi connectivity index (χ3v) is 5.86. The highest BCUT2D eigenvalue weighted by Crippen LogP contribution is 2.30. The number of aromatic amines is 1. The number of rotatable bonds is 6.